The van der Waals surface area contributed by atoms with E-state index in [2.05, 4.69) is 5.32 Å². The summed E-state index contributed by atoms with van der Waals surface area (Å²) in [6.07, 6.45) is 0. The molecule has 1 rings (SSSR count). The fraction of sp³-hybridized carbons (Fsp3) is 0.385. The zero-order valence-electron chi connectivity index (χ0n) is 10.7. The molecule has 2 unspecified atom stereocenters. The van der Waals surface area contributed by atoms with Gasteiger partial charge in [0.1, 0.15) is 5.75 Å². The summed E-state index contributed by atoms with van der Waals surface area (Å²) in [5.41, 5.74) is 0. The number of hydrogen-bond donors (Lipinski definition) is 2. The Kier molecular flexibility index (Phi) is 5.63. The lowest BCUT2D eigenvalue weighted by Crippen LogP contribution is -2.42. The summed E-state index contributed by atoms with van der Waals surface area (Å²) in [5, 5.41) is 11.8. The van der Waals surface area contributed by atoms with E-state index in [4.69, 9.17) is 21.4 Å². The summed E-state index contributed by atoms with van der Waals surface area (Å²) in [6, 6.07) is 6.34. The van der Waals surface area contributed by atoms with Crippen LogP contribution < -0.4 is 10.1 Å². The highest BCUT2D eigenvalue weighted by atomic mass is 35.5. The molecule has 5 nitrogen and oxygen atoms in total. The number of ether oxygens (including phenoxy) is 1. The number of para-hydroxylation sites is 1. The van der Waals surface area contributed by atoms with Crippen molar-refractivity contribution >= 4 is 23.5 Å². The lowest BCUT2D eigenvalue weighted by molar-refractivity contribution is -0.142. The van der Waals surface area contributed by atoms with Gasteiger partial charge in [0.25, 0.3) is 5.91 Å². The summed E-state index contributed by atoms with van der Waals surface area (Å²) in [7, 11) is 0. The Morgan fingerprint density at radius 2 is 2.00 bits per heavy atom. The van der Waals surface area contributed by atoms with Crippen LogP contribution in [0.1, 0.15) is 13.8 Å². The molecule has 0 spiro atoms. The molecule has 0 aliphatic heterocycles. The van der Waals surface area contributed by atoms with Gasteiger partial charge in [0.15, 0.2) is 6.61 Å². The van der Waals surface area contributed by atoms with Crippen molar-refractivity contribution in [2.75, 3.05) is 6.61 Å². The van der Waals surface area contributed by atoms with Crippen LogP contribution in [0.25, 0.3) is 0 Å². The summed E-state index contributed by atoms with van der Waals surface area (Å²) >= 11 is 5.87. The molecule has 0 aliphatic rings. The number of nitrogens with one attached hydrogen (secondary N) is 1. The maximum atomic E-state index is 11.6. The molecular weight excluding hydrogens is 270 g/mol. The molecule has 1 aromatic rings. The monoisotopic (exact) mass is 285 g/mol. The molecule has 0 aliphatic carbocycles. The number of aliphatic carboxylic acids is 1. The maximum Gasteiger partial charge on any atom is 0.308 e. The Morgan fingerprint density at radius 3 is 2.58 bits per heavy atom. The van der Waals surface area contributed by atoms with Crippen molar-refractivity contribution in [1.29, 1.82) is 0 Å². The minimum Gasteiger partial charge on any atom is -0.482 e. The number of rotatable bonds is 6. The zero-order chi connectivity index (χ0) is 14.4. The van der Waals surface area contributed by atoms with Gasteiger partial charge in [-0.3, -0.25) is 9.59 Å². The number of carboxylic acid groups (broad SMARTS) is 1. The fourth-order valence-electron chi connectivity index (χ4n) is 1.34. The van der Waals surface area contributed by atoms with Crippen molar-refractivity contribution in [2.24, 2.45) is 5.92 Å². The van der Waals surface area contributed by atoms with E-state index in [1.807, 2.05) is 0 Å². The van der Waals surface area contributed by atoms with Crippen LogP contribution in [0.15, 0.2) is 24.3 Å². The molecular formula is C13H16ClNO4. The van der Waals surface area contributed by atoms with E-state index >= 15 is 0 Å². The van der Waals surface area contributed by atoms with E-state index in [1.165, 1.54) is 6.92 Å². The largest absolute Gasteiger partial charge is 0.482 e. The maximum absolute atomic E-state index is 11.6. The second-order valence-corrected chi connectivity index (χ2v) is 4.61. The van der Waals surface area contributed by atoms with Gasteiger partial charge in [-0.1, -0.05) is 23.7 Å². The third kappa shape index (κ3) is 4.79. The SMILES string of the molecule is CC(NC(=O)COc1ccccc1Cl)C(C)C(=O)O. The summed E-state index contributed by atoms with van der Waals surface area (Å²) in [5.74, 6) is -1.59. The Bertz CT molecular complexity index is 464. The molecule has 0 saturated heterocycles. The predicted molar refractivity (Wildman–Crippen MR) is 71.4 cm³/mol. The Labute approximate surface area is 116 Å². The van der Waals surface area contributed by atoms with Gasteiger partial charge in [-0.2, -0.15) is 0 Å². The van der Waals surface area contributed by atoms with Crippen LogP contribution in [0.3, 0.4) is 0 Å². The van der Waals surface area contributed by atoms with Crippen molar-refractivity contribution in [3.63, 3.8) is 0 Å². The van der Waals surface area contributed by atoms with Gasteiger partial charge in [-0.05, 0) is 26.0 Å². The van der Waals surface area contributed by atoms with Crippen LogP contribution in [0.5, 0.6) is 5.75 Å². The van der Waals surface area contributed by atoms with Gasteiger partial charge in [0.05, 0.1) is 10.9 Å². The minimum absolute atomic E-state index is 0.208. The number of carboxylic acids is 1. The zero-order valence-corrected chi connectivity index (χ0v) is 11.5. The third-order valence-corrected chi connectivity index (χ3v) is 3.04. The smallest absolute Gasteiger partial charge is 0.308 e. The van der Waals surface area contributed by atoms with Crippen LogP contribution in [0.4, 0.5) is 0 Å². The van der Waals surface area contributed by atoms with Gasteiger partial charge in [-0.15, -0.1) is 0 Å². The van der Waals surface area contributed by atoms with Crippen LogP contribution >= 0.6 is 11.6 Å². The first kappa shape index (κ1) is 15.3. The highest BCUT2D eigenvalue weighted by Crippen LogP contribution is 2.22. The quantitative estimate of drug-likeness (QED) is 0.837. The summed E-state index contributed by atoms with van der Waals surface area (Å²) in [6.45, 7) is 2.95. The lowest BCUT2D eigenvalue weighted by atomic mass is 10.0. The Hall–Kier alpha value is -1.75. The molecule has 104 valence electrons. The molecule has 19 heavy (non-hydrogen) atoms. The predicted octanol–water partition coefficient (Wildman–Crippen LogP) is 1.94. The molecule has 2 atom stereocenters. The molecule has 2 N–H and O–H groups in total. The average Bonchev–Trinajstić information content (AvgIpc) is 2.36. The van der Waals surface area contributed by atoms with Crippen LogP contribution in [0, 0.1) is 5.92 Å². The number of halogens is 1. The average molecular weight is 286 g/mol. The molecule has 6 heteroatoms. The van der Waals surface area contributed by atoms with E-state index in [-0.39, 0.29) is 12.5 Å². The second-order valence-electron chi connectivity index (χ2n) is 4.20. The number of hydrogen-bond acceptors (Lipinski definition) is 3. The molecule has 0 bridgehead atoms. The van der Waals surface area contributed by atoms with Crippen molar-refractivity contribution in [3.8, 4) is 5.75 Å². The van der Waals surface area contributed by atoms with Crippen LogP contribution in [-0.4, -0.2) is 29.6 Å². The molecule has 0 fully saturated rings. The highest BCUT2D eigenvalue weighted by molar-refractivity contribution is 6.32. The van der Waals surface area contributed by atoms with Gasteiger partial charge in [-0.25, -0.2) is 0 Å². The third-order valence-electron chi connectivity index (χ3n) is 2.72. The van der Waals surface area contributed by atoms with Gasteiger partial charge < -0.3 is 15.2 Å². The molecule has 1 amide bonds. The van der Waals surface area contributed by atoms with Gasteiger partial charge in [0, 0.05) is 6.04 Å². The second kappa shape index (κ2) is 6.99. The van der Waals surface area contributed by atoms with Crippen molar-refractivity contribution < 1.29 is 19.4 Å². The Balaban J connectivity index is 2.44. The van der Waals surface area contributed by atoms with E-state index in [9.17, 15) is 9.59 Å². The van der Waals surface area contributed by atoms with E-state index in [0.29, 0.717) is 10.8 Å². The van der Waals surface area contributed by atoms with Crippen LogP contribution in [-0.2, 0) is 9.59 Å². The van der Waals surface area contributed by atoms with E-state index in [1.54, 1.807) is 31.2 Å². The summed E-state index contributed by atoms with van der Waals surface area (Å²) in [4.78, 5) is 22.3. The van der Waals surface area contributed by atoms with Gasteiger partial charge in [0.2, 0.25) is 0 Å². The number of carbonyl (C=O) groups excluding carboxylic acids is 1. The number of amides is 1. The van der Waals surface area contributed by atoms with Crippen LogP contribution in [0.2, 0.25) is 5.02 Å². The standard InChI is InChI=1S/C13H16ClNO4/c1-8(13(17)18)9(2)15-12(16)7-19-11-6-4-3-5-10(11)14/h3-6,8-9H,7H2,1-2H3,(H,15,16)(H,17,18). The molecule has 0 heterocycles. The first-order chi connectivity index (χ1) is 8.91. The van der Waals surface area contributed by atoms with Crippen molar-refractivity contribution in [2.45, 2.75) is 19.9 Å². The number of benzene rings is 1. The fourth-order valence-corrected chi connectivity index (χ4v) is 1.53. The summed E-state index contributed by atoms with van der Waals surface area (Å²) < 4.78 is 5.25. The number of carbonyl (C=O) groups is 2. The molecule has 0 radical (unpaired) electrons. The van der Waals surface area contributed by atoms with Crippen molar-refractivity contribution in [1.82, 2.24) is 5.32 Å². The first-order valence-electron chi connectivity index (χ1n) is 5.81. The van der Waals surface area contributed by atoms with E-state index in [0.717, 1.165) is 0 Å². The first-order valence-corrected chi connectivity index (χ1v) is 6.19. The molecule has 0 saturated carbocycles. The topological polar surface area (TPSA) is 75.6 Å². The van der Waals surface area contributed by atoms with Crippen molar-refractivity contribution in [3.05, 3.63) is 29.3 Å². The van der Waals surface area contributed by atoms with Gasteiger partial charge >= 0.3 is 5.97 Å². The minimum atomic E-state index is -0.958. The molecule has 0 aromatic heterocycles. The lowest BCUT2D eigenvalue weighted by Gasteiger charge is -2.17. The highest BCUT2D eigenvalue weighted by Gasteiger charge is 2.21. The van der Waals surface area contributed by atoms with E-state index < -0.39 is 17.9 Å². The Morgan fingerprint density at radius 1 is 1.37 bits per heavy atom. The normalized spacial score (nSPS) is 13.4. The molecule has 1 aromatic carbocycles.